The lowest BCUT2D eigenvalue weighted by molar-refractivity contribution is -0.143. The Balaban J connectivity index is 2.89. The zero-order valence-corrected chi connectivity index (χ0v) is 6.90. The first kappa shape index (κ1) is 10.0. The normalized spacial score (nSPS) is 12.1. The maximum Gasteiger partial charge on any atom is 0.408 e. The SMILES string of the molecule is CCc1c(F)cnn1CC(F)(F)F. The molecule has 1 aromatic rings. The summed E-state index contributed by atoms with van der Waals surface area (Å²) in [6.45, 7) is 0.340. The van der Waals surface area contributed by atoms with Gasteiger partial charge in [0.1, 0.15) is 6.54 Å². The first-order valence-electron chi connectivity index (χ1n) is 3.71. The van der Waals surface area contributed by atoms with Gasteiger partial charge in [-0.1, -0.05) is 6.92 Å². The second-order valence-corrected chi connectivity index (χ2v) is 2.57. The van der Waals surface area contributed by atoms with Crippen LogP contribution in [0.5, 0.6) is 0 Å². The van der Waals surface area contributed by atoms with Crippen LogP contribution >= 0.6 is 0 Å². The Hall–Kier alpha value is -1.07. The van der Waals surface area contributed by atoms with E-state index in [0.29, 0.717) is 4.68 Å². The molecule has 0 bridgehead atoms. The van der Waals surface area contributed by atoms with Gasteiger partial charge in [-0.3, -0.25) is 4.68 Å². The molecule has 6 heteroatoms. The van der Waals surface area contributed by atoms with Crippen molar-refractivity contribution in [3.8, 4) is 0 Å². The van der Waals surface area contributed by atoms with E-state index in [9.17, 15) is 17.6 Å². The standard InChI is InChI=1S/C7H8F4N2/c1-2-6-5(8)3-12-13(6)4-7(9,10)11/h3H,2,4H2,1H3. The van der Waals surface area contributed by atoms with Crippen molar-refractivity contribution < 1.29 is 17.6 Å². The summed E-state index contributed by atoms with van der Waals surface area (Å²) in [6, 6.07) is 0. The molecule has 0 N–H and O–H groups in total. The summed E-state index contributed by atoms with van der Waals surface area (Å²) < 4.78 is 49.0. The molecular formula is C7H8F4N2. The number of hydrogen-bond donors (Lipinski definition) is 0. The molecule has 0 atom stereocenters. The van der Waals surface area contributed by atoms with Crippen molar-refractivity contribution in [1.29, 1.82) is 0 Å². The quantitative estimate of drug-likeness (QED) is 0.662. The lowest BCUT2D eigenvalue weighted by Gasteiger charge is -2.08. The Labute approximate surface area is 72.2 Å². The summed E-state index contributed by atoms with van der Waals surface area (Å²) >= 11 is 0. The highest BCUT2D eigenvalue weighted by Crippen LogP contribution is 2.19. The van der Waals surface area contributed by atoms with Crippen LogP contribution in [0.2, 0.25) is 0 Å². The summed E-state index contributed by atoms with van der Waals surface area (Å²) in [4.78, 5) is 0. The van der Waals surface area contributed by atoms with E-state index >= 15 is 0 Å². The van der Waals surface area contributed by atoms with Crippen LogP contribution < -0.4 is 0 Å². The molecule has 0 aliphatic carbocycles. The van der Waals surface area contributed by atoms with Crippen LogP contribution in [0.3, 0.4) is 0 Å². The van der Waals surface area contributed by atoms with Crippen molar-refractivity contribution >= 4 is 0 Å². The minimum absolute atomic E-state index is 0.0164. The van der Waals surface area contributed by atoms with Crippen molar-refractivity contribution in [2.24, 2.45) is 0 Å². The highest BCUT2D eigenvalue weighted by atomic mass is 19.4. The van der Waals surface area contributed by atoms with Crippen molar-refractivity contribution in [3.05, 3.63) is 17.7 Å². The van der Waals surface area contributed by atoms with Crippen molar-refractivity contribution in [3.63, 3.8) is 0 Å². The summed E-state index contributed by atoms with van der Waals surface area (Å²) in [6.07, 6.45) is -3.37. The number of halogens is 4. The average molecular weight is 196 g/mol. The second kappa shape index (κ2) is 3.35. The molecule has 0 unspecified atom stereocenters. The predicted molar refractivity (Wildman–Crippen MR) is 37.6 cm³/mol. The number of hydrogen-bond acceptors (Lipinski definition) is 1. The Kier molecular flexibility index (Phi) is 2.58. The van der Waals surface area contributed by atoms with Crippen LogP contribution in [0.25, 0.3) is 0 Å². The topological polar surface area (TPSA) is 17.8 Å². The molecule has 1 aromatic heterocycles. The summed E-state index contributed by atoms with van der Waals surface area (Å²) in [5.41, 5.74) is -0.0164. The third-order valence-electron chi connectivity index (χ3n) is 1.56. The average Bonchev–Trinajstić information content (AvgIpc) is 2.28. The molecule has 0 spiro atoms. The van der Waals surface area contributed by atoms with Gasteiger partial charge in [0, 0.05) is 0 Å². The smallest absolute Gasteiger partial charge is 0.257 e. The third kappa shape index (κ3) is 2.43. The fourth-order valence-electron chi connectivity index (χ4n) is 1.05. The van der Waals surface area contributed by atoms with E-state index in [1.54, 1.807) is 6.92 Å². The van der Waals surface area contributed by atoms with Gasteiger partial charge in [0.25, 0.3) is 0 Å². The predicted octanol–water partition coefficient (Wildman–Crippen LogP) is 2.15. The van der Waals surface area contributed by atoms with Crippen molar-refractivity contribution in [2.45, 2.75) is 26.1 Å². The first-order chi connectivity index (χ1) is 5.94. The van der Waals surface area contributed by atoms with Gasteiger partial charge in [-0.2, -0.15) is 18.3 Å². The lowest BCUT2D eigenvalue weighted by atomic mass is 10.3. The zero-order valence-electron chi connectivity index (χ0n) is 6.90. The van der Waals surface area contributed by atoms with E-state index in [1.165, 1.54) is 0 Å². The van der Waals surface area contributed by atoms with Gasteiger partial charge in [0.2, 0.25) is 0 Å². The second-order valence-electron chi connectivity index (χ2n) is 2.57. The number of aromatic nitrogens is 2. The molecule has 0 fully saturated rings. The molecular weight excluding hydrogens is 188 g/mol. The van der Waals surface area contributed by atoms with E-state index in [-0.39, 0.29) is 12.1 Å². The highest BCUT2D eigenvalue weighted by molar-refractivity contribution is 5.03. The summed E-state index contributed by atoms with van der Waals surface area (Å²) in [5, 5.41) is 3.29. The van der Waals surface area contributed by atoms with Gasteiger partial charge in [-0.05, 0) is 6.42 Å². The number of nitrogens with zero attached hydrogens (tertiary/aromatic N) is 2. The molecule has 2 nitrogen and oxygen atoms in total. The van der Waals surface area contributed by atoms with Gasteiger partial charge in [-0.15, -0.1) is 0 Å². The lowest BCUT2D eigenvalue weighted by Crippen LogP contribution is -2.20. The van der Waals surface area contributed by atoms with Gasteiger partial charge in [0.05, 0.1) is 11.9 Å². The third-order valence-corrected chi connectivity index (χ3v) is 1.56. The summed E-state index contributed by atoms with van der Waals surface area (Å²) in [7, 11) is 0. The Morgan fingerprint density at radius 2 is 2.08 bits per heavy atom. The molecule has 1 heterocycles. The van der Waals surface area contributed by atoms with E-state index < -0.39 is 18.5 Å². The van der Waals surface area contributed by atoms with Crippen molar-refractivity contribution in [2.75, 3.05) is 0 Å². The molecule has 13 heavy (non-hydrogen) atoms. The van der Waals surface area contributed by atoms with Gasteiger partial charge >= 0.3 is 6.18 Å². The minimum Gasteiger partial charge on any atom is -0.257 e. The largest absolute Gasteiger partial charge is 0.408 e. The first-order valence-corrected chi connectivity index (χ1v) is 3.71. The molecule has 74 valence electrons. The van der Waals surface area contributed by atoms with Crippen LogP contribution in [-0.4, -0.2) is 16.0 Å². The monoisotopic (exact) mass is 196 g/mol. The highest BCUT2D eigenvalue weighted by Gasteiger charge is 2.29. The minimum atomic E-state index is -4.36. The molecule has 1 rings (SSSR count). The van der Waals surface area contributed by atoms with Crippen LogP contribution in [0, 0.1) is 5.82 Å². The molecule has 0 aliphatic rings. The van der Waals surface area contributed by atoms with E-state index in [4.69, 9.17) is 0 Å². The maximum atomic E-state index is 12.7. The van der Waals surface area contributed by atoms with E-state index in [1.807, 2.05) is 0 Å². The molecule has 0 radical (unpaired) electrons. The van der Waals surface area contributed by atoms with Gasteiger partial charge < -0.3 is 0 Å². The Bertz CT molecular complexity index is 289. The fourth-order valence-corrected chi connectivity index (χ4v) is 1.05. The van der Waals surface area contributed by atoms with Gasteiger partial charge in [-0.25, -0.2) is 4.39 Å². The molecule has 0 amide bonds. The number of alkyl halides is 3. The molecule has 0 saturated carbocycles. The number of rotatable bonds is 2. The Morgan fingerprint density at radius 3 is 2.54 bits per heavy atom. The zero-order chi connectivity index (χ0) is 10.1. The van der Waals surface area contributed by atoms with Gasteiger partial charge in [0.15, 0.2) is 5.82 Å². The van der Waals surface area contributed by atoms with Crippen LogP contribution in [0.4, 0.5) is 17.6 Å². The fraction of sp³-hybridized carbons (Fsp3) is 0.571. The van der Waals surface area contributed by atoms with Crippen LogP contribution in [-0.2, 0) is 13.0 Å². The molecule has 0 aliphatic heterocycles. The molecule has 0 saturated heterocycles. The van der Waals surface area contributed by atoms with E-state index in [0.717, 1.165) is 6.20 Å². The molecule has 0 aromatic carbocycles. The van der Waals surface area contributed by atoms with Crippen LogP contribution in [0.15, 0.2) is 6.20 Å². The summed E-state index contributed by atoms with van der Waals surface area (Å²) in [5.74, 6) is -0.688. The van der Waals surface area contributed by atoms with Crippen LogP contribution in [0.1, 0.15) is 12.6 Å². The Morgan fingerprint density at radius 1 is 1.46 bits per heavy atom. The van der Waals surface area contributed by atoms with E-state index in [2.05, 4.69) is 5.10 Å². The van der Waals surface area contributed by atoms with Crippen molar-refractivity contribution in [1.82, 2.24) is 9.78 Å². The maximum absolute atomic E-state index is 12.7.